The SMILES string of the molecule is CC(=O)Oc1c[nH]c2ccc(Br)c(Br)c12. The number of benzene rings is 1. The molecule has 0 saturated heterocycles. The van der Waals surface area contributed by atoms with E-state index < -0.39 is 0 Å². The van der Waals surface area contributed by atoms with E-state index in [1.165, 1.54) is 6.92 Å². The highest BCUT2D eigenvalue weighted by Gasteiger charge is 2.12. The molecule has 0 saturated carbocycles. The van der Waals surface area contributed by atoms with Crippen LogP contribution in [0.15, 0.2) is 27.3 Å². The zero-order valence-electron chi connectivity index (χ0n) is 7.80. The van der Waals surface area contributed by atoms with Gasteiger partial charge >= 0.3 is 5.97 Å². The van der Waals surface area contributed by atoms with Crippen LogP contribution in [0.2, 0.25) is 0 Å². The third kappa shape index (κ3) is 1.94. The number of H-pyrrole nitrogens is 1. The number of hydrogen-bond donors (Lipinski definition) is 1. The van der Waals surface area contributed by atoms with Crippen LogP contribution < -0.4 is 4.74 Å². The molecule has 0 aliphatic rings. The predicted molar refractivity (Wildman–Crippen MR) is 65.0 cm³/mol. The molecule has 0 spiro atoms. The Labute approximate surface area is 103 Å². The van der Waals surface area contributed by atoms with Crippen molar-refractivity contribution < 1.29 is 9.53 Å². The molecule has 0 radical (unpaired) electrons. The van der Waals surface area contributed by atoms with E-state index in [1.807, 2.05) is 12.1 Å². The summed E-state index contributed by atoms with van der Waals surface area (Å²) in [5.41, 5.74) is 0.918. The van der Waals surface area contributed by atoms with Crippen LogP contribution in [0.5, 0.6) is 5.75 Å². The largest absolute Gasteiger partial charge is 0.424 e. The normalized spacial score (nSPS) is 10.6. The minimum absolute atomic E-state index is 0.331. The van der Waals surface area contributed by atoms with E-state index >= 15 is 0 Å². The molecule has 0 aliphatic carbocycles. The Morgan fingerprint density at radius 2 is 2.13 bits per heavy atom. The second-order valence-corrected chi connectivity index (χ2v) is 4.68. The summed E-state index contributed by atoms with van der Waals surface area (Å²) in [6.45, 7) is 1.38. The lowest BCUT2D eigenvalue weighted by Crippen LogP contribution is -2.00. The highest BCUT2D eigenvalue weighted by Crippen LogP contribution is 2.37. The highest BCUT2D eigenvalue weighted by molar-refractivity contribution is 9.13. The molecule has 0 amide bonds. The molecule has 15 heavy (non-hydrogen) atoms. The van der Waals surface area contributed by atoms with E-state index in [2.05, 4.69) is 36.8 Å². The molecular weight excluding hydrogens is 326 g/mol. The third-order valence-electron chi connectivity index (χ3n) is 1.95. The van der Waals surface area contributed by atoms with E-state index in [0.717, 1.165) is 19.8 Å². The molecule has 1 heterocycles. The Balaban J connectivity index is 2.66. The smallest absolute Gasteiger partial charge is 0.308 e. The predicted octanol–water partition coefficient (Wildman–Crippen LogP) is 3.62. The maximum Gasteiger partial charge on any atom is 0.308 e. The second-order valence-electron chi connectivity index (χ2n) is 3.03. The number of carbonyl (C=O) groups is 1. The van der Waals surface area contributed by atoms with Crippen molar-refractivity contribution in [2.45, 2.75) is 6.92 Å². The number of carbonyl (C=O) groups excluding carboxylic acids is 1. The van der Waals surface area contributed by atoms with Gasteiger partial charge in [-0.1, -0.05) is 0 Å². The van der Waals surface area contributed by atoms with E-state index in [9.17, 15) is 4.79 Å². The first-order chi connectivity index (χ1) is 7.09. The number of aromatic nitrogens is 1. The summed E-state index contributed by atoms with van der Waals surface area (Å²) in [4.78, 5) is 13.9. The average Bonchev–Trinajstić information content (AvgIpc) is 2.55. The van der Waals surface area contributed by atoms with Gasteiger partial charge in [-0.2, -0.15) is 0 Å². The van der Waals surface area contributed by atoms with Crippen LogP contribution in [0, 0.1) is 0 Å². The number of esters is 1. The Hall–Kier alpha value is -0.810. The fourth-order valence-corrected chi connectivity index (χ4v) is 2.23. The van der Waals surface area contributed by atoms with Gasteiger partial charge in [0.15, 0.2) is 5.75 Å². The second kappa shape index (κ2) is 3.98. The van der Waals surface area contributed by atoms with Gasteiger partial charge < -0.3 is 9.72 Å². The van der Waals surface area contributed by atoms with Crippen molar-refractivity contribution in [2.24, 2.45) is 0 Å². The van der Waals surface area contributed by atoms with E-state index in [4.69, 9.17) is 4.74 Å². The number of ether oxygens (including phenoxy) is 1. The maximum atomic E-state index is 10.9. The van der Waals surface area contributed by atoms with Crippen molar-refractivity contribution in [1.29, 1.82) is 0 Å². The van der Waals surface area contributed by atoms with Crippen molar-refractivity contribution in [3.8, 4) is 5.75 Å². The third-order valence-corrected chi connectivity index (χ3v) is 3.97. The van der Waals surface area contributed by atoms with Crippen LogP contribution in [-0.4, -0.2) is 11.0 Å². The van der Waals surface area contributed by atoms with Gasteiger partial charge in [0.2, 0.25) is 0 Å². The molecule has 5 heteroatoms. The van der Waals surface area contributed by atoms with E-state index in [1.54, 1.807) is 6.20 Å². The summed E-state index contributed by atoms with van der Waals surface area (Å²) in [5.74, 6) is 0.202. The summed E-state index contributed by atoms with van der Waals surface area (Å²) >= 11 is 6.84. The van der Waals surface area contributed by atoms with Gasteiger partial charge in [-0.15, -0.1) is 0 Å². The lowest BCUT2D eigenvalue weighted by Gasteiger charge is -2.01. The molecule has 0 aliphatic heterocycles. The summed E-state index contributed by atoms with van der Waals surface area (Å²) in [5, 5.41) is 0.861. The topological polar surface area (TPSA) is 42.1 Å². The Bertz CT molecular complexity index is 533. The van der Waals surface area contributed by atoms with Gasteiger partial charge in [0.25, 0.3) is 0 Å². The van der Waals surface area contributed by atoms with Crippen LogP contribution in [0.4, 0.5) is 0 Å². The van der Waals surface area contributed by atoms with Crippen LogP contribution in [0.1, 0.15) is 6.92 Å². The van der Waals surface area contributed by atoms with Crippen LogP contribution in [0.25, 0.3) is 10.9 Å². The first-order valence-electron chi connectivity index (χ1n) is 4.23. The molecule has 2 aromatic rings. The van der Waals surface area contributed by atoms with Crippen molar-refractivity contribution in [2.75, 3.05) is 0 Å². The van der Waals surface area contributed by atoms with Gasteiger partial charge in [0.05, 0.1) is 10.9 Å². The quantitative estimate of drug-likeness (QED) is 0.810. The molecular formula is C10H7Br2NO2. The number of aromatic amines is 1. The monoisotopic (exact) mass is 331 g/mol. The standard InChI is InChI=1S/C10H7Br2NO2/c1-5(14)15-8-4-13-7-3-2-6(11)10(12)9(7)8/h2-4,13H,1H3. The van der Waals surface area contributed by atoms with Crippen molar-refractivity contribution in [3.63, 3.8) is 0 Å². The molecule has 78 valence electrons. The molecule has 0 fully saturated rings. The highest BCUT2D eigenvalue weighted by atomic mass is 79.9. The van der Waals surface area contributed by atoms with E-state index in [0.29, 0.717) is 5.75 Å². The van der Waals surface area contributed by atoms with Gasteiger partial charge in [0, 0.05) is 22.1 Å². The average molecular weight is 333 g/mol. The number of rotatable bonds is 1. The molecule has 2 rings (SSSR count). The lowest BCUT2D eigenvalue weighted by molar-refractivity contribution is -0.131. The molecule has 3 nitrogen and oxygen atoms in total. The molecule has 1 N–H and O–H groups in total. The van der Waals surface area contributed by atoms with Gasteiger partial charge in [-0.3, -0.25) is 4.79 Å². The Morgan fingerprint density at radius 1 is 1.40 bits per heavy atom. The molecule has 1 aromatic heterocycles. The minimum Gasteiger partial charge on any atom is -0.424 e. The fraction of sp³-hybridized carbons (Fsp3) is 0.100. The summed E-state index contributed by atoms with van der Waals surface area (Å²) < 4.78 is 6.87. The maximum absolute atomic E-state index is 10.9. The van der Waals surface area contributed by atoms with Gasteiger partial charge in [0.1, 0.15) is 0 Å². The first kappa shape index (κ1) is 10.7. The molecule has 1 aromatic carbocycles. The molecule has 0 atom stereocenters. The van der Waals surface area contributed by atoms with Crippen LogP contribution in [0.3, 0.4) is 0 Å². The lowest BCUT2D eigenvalue weighted by atomic mass is 10.2. The van der Waals surface area contributed by atoms with Crippen molar-refractivity contribution in [3.05, 3.63) is 27.3 Å². The summed E-state index contributed by atoms with van der Waals surface area (Å²) in [6, 6.07) is 3.83. The number of hydrogen-bond acceptors (Lipinski definition) is 2. The van der Waals surface area contributed by atoms with Crippen molar-refractivity contribution in [1.82, 2.24) is 4.98 Å². The number of fused-ring (bicyclic) bond motifs is 1. The summed E-state index contributed by atoms with van der Waals surface area (Å²) in [6.07, 6.45) is 1.67. The molecule has 0 unspecified atom stereocenters. The number of nitrogens with one attached hydrogen (secondary N) is 1. The van der Waals surface area contributed by atoms with Crippen LogP contribution in [-0.2, 0) is 4.79 Å². The zero-order valence-corrected chi connectivity index (χ0v) is 11.0. The minimum atomic E-state index is -0.331. The first-order valence-corrected chi connectivity index (χ1v) is 5.81. The Kier molecular flexibility index (Phi) is 2.84. The zero-order chi connectivity index (χ0) is 11.0. The molecule has 0 bridgehead atoms. The summed E-state index contributed by atoms with van der Waals surface area (Å²) in [7, 11) is 0. The van der Waals surface area contributed by atoms with E-state index in [-0.39, 0.29) is 5.97 Å². The number of halogens is 2. The van der Waals surface area contributed by atoms with Gasteiger partial charge in [-0.05, 0) is 44.0 Å². The van der Waals surface area contributed by atoms with Crippen LogP contribution >= 0.6 is 31.9 Å². The Morgan fingerprint density at radius 3 is 2.80 bits per heavy atom. The fourth-order valence-electron chi connectivity index (χ4n) is 1.36. The van der Waals surface area contributed by atoms with Gasteiger partial charge in [-0.25, -0.2) is 0 Å². The van der Waals surface area contributed by atoms with Crippen molar-refractivity contribution >= 4 is 48.7 Å².